The fourth-order valence-corrected chi connectivity index (χ4v) is 5.50. The van der Waals surface area contributed by atoms with Crippen molar-refractivity contribution >= 4 is 35.2 Å². The fourth-order valence-electron chi connectivity index (χ4n) is 5.21. The highest BCUT2D eigenvalue weighted by Crippen LogP contribution is 2.16. The Hall–Kier alpha value is -2.19. The summed E-state index contributed by atoms with van der Waals surface area (Å²) in [6, 6.07) is 33.2. The van der Waals surface area contributed by atoms with E-state index in [2.05, 4.69) is 130 Å². The highest BCUT2D eigenvalue weighted by Gasteiger charge is 2.28. The van der Waals surface area contributed by atoms with Gasteiger partial charge in [0.05, 0.1) is 6.15 Å². The van der Waals surface area contributed by atoms with E-state index in [1.807, 2.05) is 0 Å². The molecule has 3 rings (SSSR count). The molecule has 188 valence electrons. The predicted octanol–water partition coefficient (Wildman–Crippen LogP) is 7.26. The van der Waals surface area contributed by atoms with Crippen LogP contribution in [0.25, 0.3) is 0 Å². The summed E-state index contributed by atoms with van der Waals surface area (Å²) in [5, 5.41) is 0. The van der Waals surface area contributed by atoms with Gasteiger partial charge in [-0.2, -0.15) is 22.7 Å². The van der Waals surface area contributed by atoms with Crippen molar-refractivity contribution in [2.45, 2.75) is 78.5 Å². The van der Waals surface area contributed by atoms with Gasteiger partial charge in [-0.3, -0.25) is 0 Å². The van der Waals surface area contributed by atoms with Crippen LogP contribution >= 0.6 is 0 Å². The van der Waals surface area contributed by atoms with Crippen molar-refractivity contribution in [3.8, 4) is 0 Å². The van der Waals surface area contributed by atoms with Gasteiger partial charge in [-0.15, -0.1) is 0 Å². The largest absolute Gasteiger partial charge is 0.200 e. The van der Waals surface area contributed by atoms with E-state index < -0.39 is 6.15 Å². The molecule has 0 fully saturated rings. The van der Waals surface area contributed by atoms with Gasteiger partial charge >= 0.3 is 0 Å². The van der Waals surface area contributed by atoms with E-state index in [0.717, 1.165) is 5.75 Å². The molecule has 0 spiro atoms. The normalized spacial score (nSPS) is 10.9. The fraction of sp³-hybridized carbons (Fsp3) is 0.394. The maximum Gasteiger partial charge on any atom is 0.122 e. The summed E-state index contributed by atoms with van der Waals surface area (Å²) in [7, 11) is 0. The zero-order valence-electron chi connectivity index (χ0n) is 22.4. The number of unbranched alkanes of at least 4 members (excludes halogenated alkanes) is 3. The molecule has 0 saturated carbocycles. The van der Waals surface area contributed by atoms with Gasteiger partial charge in [-0.05, 0) is 44.4 Å². The Morgan fingerprint density at radius 1 is 0.600 bits per heavy atom. The number of hydrogen-bond acceptors (Lipinski definition) is 0. The minimum Gasteiger partial charge on any atom is -0.200 e. The molecule has 3 aromatic rings. The van der Waals surface area contributed by atoms with Gasteiger partial charge in [0.2, 0.25) is 0 Å². The first kappa shape index (κ1) is 29.0. The van der Waals surface area contributed by atoms with Crippen LogP contribution in [-0.4, -0.2) is 11.9 Å². The lowest BCUT2D eigenvalue weighted by atomic mass is 9.14. The van der Waals surface area contributed by atoms with E-state index in [4.69, 9.17) is 0 Å². The van der Waals surface area contributed by atoms with Crippen LogP contribution in [0.4, 0.5) is 0 Å². The van der Waals surface area contributed by atoms with Crippen molar-refractivity contribution < 1.29 is 0 Å². The topological polar surface area (TPSA) is 0 Å². The molecule has 2 heteroatoms. The molecule has 0 bridgehead atoms. The molecule has 0 aliphatic carbocycles. The Bertz CT molecular complexity index is 828. The van der Waals surface area contributed by atoms with Gasteiger partial charge in [0.1, 0.15) is 5.75 Å². The summed E-state index contributed by atoms with van der Waals surface area (Å²) >= 11 is 3.50. The smallest absolute Gasteiger partial charge is 0.122 e. The maximum absolute atomic E-state index is 3.50. The van der Waals surface area contributed by atoms with Crippen LogP contribution in [0.15, 0.2) is 103 Å². The van der Waals surface area contributed by atoms with Crippen molar-refractivity contribution in [1.82, 2.24) is 0 Å². The van der Waals surface area contributed by atoms with Crippen molar-refractivity contribution in [1.29, 1.82) is 0 Å². The summed E-state index contributed by atoms with van der Waals surface area (Å²) in [6.45, 7) is 6.79. The molecule has 35 heavy (non-hydrogen) atoms. The van der Waals surface area contributed by atoms with E-state index in [1.165, 1.54) is 74.1 Å². The molecule has 0 saturated heterocycles. The minimum absolute atomic E-state index is 0.913. The Morgan fingerprint density at radius 3 is 1.29 bits per heavy atom. The minimum atomic E-state index is -0.913. The van der Waals surface area contributed by atoms with Crippen molar-refractivity contribution in [3.05, 3.63) is 103 Å². The van der Waals surface area contributed by atoms with Crippen LogP contribution in [0.5, 0.6) is 0 Å². The summed E-state index contributed by atoms with van der Waals surface area (Å²) in [5.74, 6) is 1.02. The standard InChI is InChI=1S/C22H24B.C11H22S/c1-2-3-19-23(20-13-7-4-8-14-20,21-15-9-5-10-16-21)22-17-11-6-12-18-22;1-3-5-7-11(9-10-12)8-6-4-2/h4-18H,2-3,19H2,1H3;9,12H,3-8,10H2,1-2H3/q-1;/p+1. The molecular weight excluding hydrogens is 439 g/mol. The first-order valence-corrected chi connectivity index (χ1v) is 14.6. The summed E-state index contributed by atoms with van der Waals surface area (Å²) in [5.41, 5.74) is 5.98. The van der Waals surface area contributed by atoms with Crippen molar-refractivity contribution in [2.24, 2.45) is 0 Å². The molecule has 3 aromatic carbocycles. The zero-order valence-corrected chi connectivity index (χ0v) is 23.4. The Morgan fingerprint density at radius 2 is 0.971 bits per heavy atom. The molecule has 0 heterocycles. The van der Waals surface area contributed by atoms with Gasteiger partial charge in [0, 0.05) is 0 Å². The lowest BCUT2D eigenvalue weighted by molar-refractivity contribution is 0.712. The third-order valence-electron chi connectivity index (χ3n) is 7.19. The Kier molecular flexibility index (Phi) is 14.3. The number of hydrogen-bond donors (Lipinski definition) is 0. The third-order valence-corrected chi connectivity index (χ3v) is 7.39. The average Bonchev–Trinajstić information content (AvgIpc) is 2.93. The van der Waals surface area contributed by atoms with E-state index in [0.29, 0.717) is 0 Å². The summed E-state index contributed by atoms with van der Waals surface area (Å²) < 4.78 is 0. The van der Waals surface area contributed by atoms with E-state index in [1.54, 1.807) is 5.57 Å². The van der Waals surface area contributed by atoms with E-state index >= 15 is 0 Å². The first-order chi connectivity index (χ1) is 17.2. The molecule has 0 amide bonds. The van der Waals surface area contributed by atoms with Crippen LogP contribution in [0.2, 0.25) is 6.32 Å². The number of allylic oxidation sites excluding steroid dienone is 1. The lowest BCUT2D eigenvalue weighted by Gasteiger charge is -2.43. The molecule has 0 aliphatic heterocycles. The monoisotopic (exact) mass is 486 g/mol. The molecule has 0 unspecified atom stereocenters. The van der Waals surface area contributed by atoms with Crippen LogP contribution in [0, 0.1) is 0 Å². The molecule has 0 aromatic heterocycles. The second-order valence-corrected chi connectivity index (χ2v) is 10.1. The van der Waals surface area contributed by atoms with E-state index in [9.17, 15) is 0 Å². The van der Waals surface area contributed by atoms with Crippen LogP contribution in [-0.2, 0) is 12.6 Å². The molecule has 0 radical (unpaired) electrons. The summed E-state index contributed by atoms with van der Waals surface area (Å²) in [4.78, 5) is 0. The summed E-state index contributed by atoms with van der Waals surface area (Å²) in [6.07, 6.45) is 13.0. The third kappa shape index (κ3) is 9.08. The van der Waals surface area contributed by atoms with Crippen molar-refractivity contribution in [2.75, 3.05) is 5.75 Å². The highest BCUT2D eigenvalue weighted by atomic mass is 32.1. The zero-order chi connectivity index (χ0) is 25.2. The molecule has 0 aliphatic rings. The molecule has 0 atom stereocenters. The quantitative estimate of drug-likeness (QED) is 0.135. The Balaban J connectivity index is 0.000000307. The van der Waals surface area contributed by atoms with Crippen LogP contribution < -0.4 is 16.4 Å². The van der Waals surface area contributed by atoms with Gasteiger partial charge in [0.25, 0.3) is 0 Å². The van der Waals surface area contributed by atoms with Crippen LogP contribution in [0.3, 0.4) is 0 Å². The second kappa shape index (κ2) is 17.3. The van der Waals surface area contributed by atoms with E-state index in [-0.39, 0.29) is 0 Å². The van der Waals surface area contributed by atoms with Gasteiger partial charge < -0.3 is 0 Å². The van der Waals surface area contributed by atoms with Gasteiger partial charge in [-0.25, -0.2) is 0 Å². The SMILES string of the molecule is CCCCC(=CC[SH2+])CCCC.CCCC[B-](c1ccccc1)(c1ccccc1)c1ccccc1. The lowest BCUT2D eigenvalue weighted by Crippen LogP contribution is -2.66. The predicted molar refractivity (Wildman–Crippen MR) is 166 cm³/mol. The molecular formula is C33H47BS. The second-order valence-electron chi connectivity index (χ2n) is 9.69. The van der Waals surface area contributed by atoms with Crippen molar-refractivity contribution in [3.63, 3.8) is 0 Å². The first-order valence-electron chi connectivity index (χ1n) is 13.9. The molecule has 0 N–H and O–H groups in total. The van der Waals surface area contributed by atoms with Gasteiger partial charge in [0.15, 0.2) is 0 Å². The van der Waals surface area contributed by atoms with Gasteiger partial charge in [-0.1, -0.05) is 143 Å². The number of rotatable bonds is 13. The molecule has 0 nitrogen and oxygen atoms in total. The highest BCUT2D eigenvalue weighted by molar-refractivity contribution is 7.58. The van der Waals surface area contributed by atoms with Crippen LogP contribution in [0.1, 0.15) is 72.1 Å². The maximum atomic E-state index is 3.50. The average molecular weight is 487 g/mol. The number of benzene rings is 3. The Labute approximate surface area is 221 Å².